The average molecular weight is 717 g/mol. The molecule has 0 radical (unpaired) electrons. The van der Waals surface area contributed by atoms with E-state index in [1.165, 1.54) is 21.8 Å². The first-order valence-corrected chi connectivity index (χ1v) is 18.8. The van der Waals surface area contributed by atoms with Gasteiger partial charge in [0.1, 0.15) is 11.2 Å². The molecule has 0 bridgehead atoms. The number of nitrogens with zero attached hydrogens (tertiary/aromatic N) is 4. The van der Waals surface area contributed by atoms with Crippen molar-refractivity contribution >= 4 is 43.7 Å². The van der Waals surface area contributed by atoms with Crippen LogP contribution in [-0.2, 0) is 0 Å². The predicted molar refractivity (Wildman–Crippen MR) is 229 cm³/mol. The average Bonchev–Trinajstić information content (AvgIpc) is 3.82. The molecular formula is C51H32N4O. The Morgan fingerprint density at radius 3 is 1.54 bits per heavy atom. The van der Waals surface area contributed by atoms with Gasteiger partial charge in [0.2, 0.25) is 0 Å². The monoisotopic (exact) mass is 716 g/mol. The number of para-hydroxylation sites is 3. The third-order valence-corrected chi connectivity index (χ3v) is 10.7. The van der Waals surface area contributed by atoms with Crippen molar-refractivity contribution in [1.82, 2.24) is 19.5 Å². The van der Waals surface area contributed by atoms with Crippen molar-refractivity contribution in [3.05, 3.63) is 194 Å². The van der Waals surface area contributed by atoms with Gasteiger partial charge in [-0.05, 0) is 53.1 Å². The van der Waals surface area contributed by atoms with Crippen molar-refractivity contribution in [3.8, 4) is 62.1 Å². The second kappa shape index (κ2) is 13.0. The highest BCUT2D eigenvalue weighted by atomic mass is 16.3. The lowest BCUT2D eigenvalue weighted by Crippen LogP contribution is -2.00. The summed E-state index contributed by atoms with van der Waals surface area (Å²) in [6, 6.07) is 67.4. The van der Waals surface area contributed by atoms with Gasteiger partial charge in [0.25, 0.3) is 0 Å². The minimum atomic E-state index is 0.584. The van der Waals surface area contributed by atoms with E-state index in [0.29, 0.717) is 17.5 Å². The summed E-state index contributed by atoms with van der Waals surface area (Å²) in [5, 5.41) is 4.57. The van der Waals surface area contributed by atoms with E-state index in [2.05, 4.69) is 162 Å². The number of benzene rings is 8. The molecule has 11 rings (SSSR count). The van der Waals surface area contributed by atoms with Crippen molar-refractivity contribution in [1.29, 1.82) is 0 Å². The molecule has 0 fully saturated rings. The highest BCUT2D eigenvalue weighted by molar-refractivity contribution is 6.15. The molecule has 3 aromatic heterocycles. The Bertz CT molecular complexity index is 3180. The highest BCUT2D eigenvalue weighted by Crippen LogP contribution is 2.42. The maximum absolute atomic E-state index is 6.65. The Kier molecular flexibility index (Phi) is 7.42. The Morgan fingerprint density at radius 2 is 0.839 bits per heavy atom. The molecule has 8 aromatic carbocycles. The van der Waals surface area contributed by atoms with Gasteiger partial charge in [-0.1, -0.05) is 158 Å². The standard InChI is InChI=1S/C51H32N4O/c1-3-14-33(15-4-1)34-26-28-36(29-27-34)50-52-49(35-16-5-2-6-17-35)53-51(54-50)37-30-31-42-47(32-37)56-46-25-13-21-41(48(42)46)40-20-9-12-24-45(40)55-43-22-10-7-18-38(43)39-19-8-11-23-44(39)55/h1-32H. The van der Waals surface area contributed by atoms with E-state index in [1.54, 1.807) is 0 Å². The van der Waals surface area contributed by atoms with Crippen LogP contribution >= 0.6 is 0 Å². The van der Waals surface area contributed by atoms with Crippen LogP contribution in [0.4, 0.5) is 0 Å². The topological polar surface area (TPSA) is 56.7 Å². The van der Waals surface area contributed by atoms with E-state index in [9.17, 15) is 0 Å². The lowest BCUT2D eigenvalue weighted by molar-refractivity contribution is 0.669. The molecule has 0 N–H and O–H groups in total. The smallest absolute Gasteiger partial charge is 0.164 e. The van der Waals surface area contributed by atoms with Gasteiger partial charge in [0, 0.05) is 43.8 Å². The van der Waals surface area contributed by atoms with Crippen LogP contribution in [0.15, 0.2) is 199 Å². The molecule has 0 atom stereocenters. The predicted octanol–water partition coefficient (Wildman–Crippen LogP) is 13.2. The molecule has 3 heterocycles. The third kappa shape index (κ3) is 5.29. The number of furan rings is 1. The fourth-order valence-corrected chi connectivity index (χ4v) is 8.06. The van der Waals surface area contributed by atoms with Crippen molar-refractivity contribution < 1.29 is 4.42 Å². The zero-order valence-corrected chi connectivity index (χ0v) is 30.2. The molecule has 0 amide bonds. The third-order valence-electron chi connectivity index (χ3n) is 10.7. The Balaban J connectivity index is 1.05. The van der Waals surface area contributed by atoms with E-state index in [1.807, 2.05) is 36.4 Å². The summed E-state index contributed by atoms with van der Waals surface area (Å²) < 4.78 is 9.04. The van der Waals surface area contributed by atoms with Crippen LogP contribution in [0, 0.1) is 0 Å². The molecule has 0 saturated carbocycles. The first-order chi connectivity index (χ1) is 27.8. The van der Waals surface area contributed by atoms with Gasteiger partial charge in [-0.15, -0.1) is 0 Å². The van der Waals surface area contributed by atoms with Crippen molar-refractivity contribution in [2.45, 2.75) is 0 Å². The molecule has 0 aliphatic carbocycles. The summed E-state index contributed by atoms with van der Waals surface area (Å²) in [6.07, 6.45) is 0. The van der Waals surface area contributed by atoms with Gasteiger partial charge in [0.15, 0.2) is 17.5 Å². The lowest BCUT2D eigenvalue weighted by Gasteiger charge is -2.14. The summed E-state index contributed by atoms with van der Waals surface area (Å²) in [7, 11) is 0. The molecule has 262 valence electrons. The minimum absolute atomic E-state index is 0.584. The number of aromatic nitrogens is 4. The summed E-state index contributed by atoms with van der Waals surface area (Å²) in [4.78, 5) is 15.0. The van der Waals surface area contributed by atoms with E-state index in [4.69, 9.17) is 19.4 Å². The Hall–Kier alpha value is -7.63. The van der Waals surface area contributed by atoms with E-state index in [-0.39, 0.29) is 0 Å². The zero-order valence-electron chi connectivity index (χ0n) is 30.2. The lowest BCUT2D eigenvalue weighted by atomic mass is 9.97. The molecule has 5 heteroatoms. The number of rotatable bonds is 6. The van der Waals surface area contributed by atoms with Crippen molar-refractivity contribution in [2.24, 2.45) is 0 Å². The molecule has 0 unspecified atom stereocenters. The van der Waals surface area contributed by atoms with Gasteiger partial charge < -0.3 is 8.98 Å². The molecule has 0 saturated heterocycles. The van der Waals surface area contributed by atoms with Gasteiger partial charge in [-0.25, -0.2) is 15.0 Å². The van der Waals surface area contributed by atoms with Crippen LogP contribution in [-0.4, -0.2) is 19.5 Å². The number of hydrogen-bond donors (Lipinski definition) is 0. The molecule has 56 heavy (non-hydrogen) atoms. The summed E-state index contributed by atoms with van der Waals surface area (Å²) in [5.41, 5.74) is 12.3. The zero-order chi connectivity index (χ0) is 37.0. The van der Waals surface area contributed by atoms with Gasteiger partial charge in [-0.2, -0.15) is 0 Å². The van der Waals surface area contributed by atoms with Crippen molar-refractivity contribution in [3.63, 3.8) is 0 Å². The Labute approximate surface area is 322 Å². The van der Waals surface area contributed by atoms with Crippen LogP contribution in [0.25, 0.3) is 106 Å². The van der Waals surface area contributed by atoms with Crippen LogP contribution in [0.2, 0.25) is 0 Å². The summed E-state index contributed by atoms with van der Waals surface area (Å²) in [5.74, 6) is 1.81. The van der Waals surface area contributed by atoms with E-state index >= 15 is 0 Å². The number of hydrogen-bond acceptors (Lipinski definition) is 4. The van der Waals surface area contributed by atoms with Crippen LogP contribution in [0.5, 0.6) is 0 Å². The molecule has 11 aromatic rings. The molecule has 0 spiro atoms. The van der Waals surface area contributed by atoms with E-state index < -0.39 is 0 Å². The summed E-state index contributed by atoms with van der Waals surface area (Å²) in [6.45, 7) is 0. The second-order valence-corrected chi connectivity index (χ2v) is 14.0. The van der Waals surface area contributed by atoms with E-state index in [0.717, 1.165) is 66.6 Å². The van der Waals surface area contributed by atoms with Gasteiger partial charge >= 0.3 is 0 Å². The highest BCUT2D eigenvalue weighted by Gasteiger charge is 2.20. The normalized spacial score (nSPS) is 11.6. The molecular weight excluding hydrogens is 685 g/mol. The van der Waals surface area contributed by atoms with Crippen LogP contribution < -0.4 is 0 Å². The second-order valence-electron chi connectivity index (χ2n) is 14.0. The minimum Gasteiger partial charge on any atom is -0.456 e. The fraction of sp³-hybridized carbons (Fsp3) is 0. The quantitative estimate of drug-likeness (QED) is 0.172. The summed E-state index contributed by atoms with van der Waals surface area (Å²) >= 11 is 0. The Morgan fingerprint density at radius 1 is 0.339 bits per heavy atom. The van der Waals surface area contributed by atoms with Crippen molar-refractivity contribution in [2.75, 3.05) is 0 Å². The van der Waals surface area contributed by atoms with Crippen LogP contribution in [0.1, 0.15) is 0 Å². The first-order valence-electron chi connectivity index (χ1n) is 18.8. The molecule has 0 aliphatic heterocycles. The largest absolute Gasteiger partial charge is 0.456 e. The van der Waals surface area contributed by atoms with Crippen LogP contribution in [0.3, 0.4) is 0 Å². The van der Waals surface area contributed by atoms with Gasteiger partial charge in [-0.3, -0.25) is 0 Å². The van der Waals surface area contributed by atoms with Gasteiger partial charge in [0.05, 0.1) is 16.7 Å². The first kappa shape index (κ1) is 31.9. The number of fused-ring (bicyclic) bond motifs is 6. The molecule has 0 aliphatic rings. The fourth-order valence-electron chi connectivity index (χ4n) is 8.06. The maximum Gasteiger partial charge on any atom is 0.164 e. The maximum atomic E-state index is 6.65. The molecule has 5 nitrogen and oxygen atoms in total. The SMILES string of the molecule is c1ccc(-c2ccc(-c3nc(-c4ccccc4)nc(-c4ccc5c(c4)oc4cccc(-c6ccccc6-n6c7ccccc7c7ccccc76)c45)n3)cc2)cc1.